The molecule has 3 nitrogen and oxygen atoms in total. The predicted molar refractivity (Wildman–Crippen MR) is 59.7 cm³/mol. The van der Waals surface area contributed by atoms with Gasteiger partial charge in [-0.2, -0.15) is 0 Å². The molecule has 15 heavy (non-hydrogen) atoms. The first-order valence-electron chi connectivity index (χ1n) is 5.26. The lowest BCUT2D eigenvalue weighted by Crippen LogP contribution is -2.20. The number of rotatable bonds is 2. The second-order valence-corrected chi connectivity index (χ2v) is 3.98. The Morgan fingerprint density at radius 3 is 2.93 bits per heavy atom. The van der Waals surface area contributed by atoms with E-state index in [2.05, 4.69) is 18.7 Å². The molecule has 1 aromatic rings. The molecule has 0 bridgehead atoms. The van der Waals surface area contributed by atoms with Crippen LogP contribution in [0.15, 0.2) is 18.2 Å². The minimum atomic E-state index is -0.823. The van der Waals surface area contributed by atoms with E-state index in [1.54, 1.807) is 6.07 Å². The molecule has 0 saturated heterocycles. The Morgan fingerprint density at radius 1 is 1.60 bits per heavy atom. The maximum absolute atomic E-state index is 11.1. The second-order valence-electron chi connectivity index (χ2n) is 3.98. The molecule has 2 rings (SSSR count). The third-order valence-corrected chi connectivity index (χ3v) is 3.02. The Kier molecular flexibility index (Phi) is 2.39. The molecule has 1 heterocycles. The van der Waals surface area contributed by atoms with Gasteiger partial charge in [-0.15, -0.1) is 0 Å². The zero-order valence-corrected chi connectivity index (χ0v) is 9.03. The number of fused-ring (bicyclic) bond motifs is 1. The number of hydrogen-bond acceptors (Lipinski definition) is 2. The van der Waals surface area contributed by atoms with Gasteiger partial charge in [0, 0.05) is 24.7 Å². The topological polar surface area (TPSA) is 40.5 Å². The van der Waals surface area contributed by atoms with Crippen LogP contribution in [0.2, 0.25) is 0 Å². The number of nitrogens with zero attached hydrogens (tertiary/aromatic N) is 1. The molecule has 0 fully saturated rings. The molecule has 1 aromatic carbocycles. The summed E-state index contributed by atoms with van der Waals surface area (Å²) in [5, 5.41) is 9.11. The lowest BCUT2D eigenvalue weighted by molar-refractivity contribution is 0.0695. The first kappa shape index (κ1) is 10.0. The van der Waals surface area contributed by atoms with Gasteiger partial charge in [-0.25, -0.2) is 4.79 Å². The van der Waals surface area contributed by atoms with Crippen molar-refractivity contribution in [3.05, 3.63) is 29.3 Å². The number of carbonyl (C=O) groups is 1. The summed E-state index contributed by atoms with van der Waals surface area (Å²) < 4.78 is 0. The fourth-order valence-corrected chi connectivity index (χ4v) is 2.35. The highest BCUT2D eigenvalue weighted by molar-refractivity contribution is 5.92. The number of carboxylic acids is 1. The van der Waals surface area contributed by atoms with Crippen molar-refractivity contribution >= 4 is 11.7 Å². The van der Waals surface area contributed by atoms with Gasteiger partial charge in [0.15, 0.2) is 0 Å². The fourth-order valence-electron chi connectivity index (χ4n) is 2.35. The van der Waals surface area contributed by atoms with Gasteiger partial charge in [-0.3, -0.25) is 0 Å². The molecule has 3 heteroatoms. The molecular formula is C12H15NO2. The molecule has 0 spiro atoms. The first-order chi connectivity index (χ1) is 7.15. The largest absolute Gasteiger partial charge is 0.478 e. The van der Waals surface area contributed by atoms with Gasteiger partial charge in [0.05, 0.1) is 5.56 Å². The maximum Gasteiger partial charge on any atom is 0.336 e. The summed E-state index contributed by atoms with van der Waals surface area (Å²) in [5.41, 5.74) is 2.53. The van der Waals surface area contributed by atoms with E-state index in [4.69, 9.17) is 5.11 Å². The van der Waals surface area contributed by atoms with E-state index in [1.165, 1.54) is 0 Å². The van der Waals surface area contributed by atoms with Crippen LogP contribution in [-0.2, 0) is 0 Å². The lowest BCUT2D eigenvalue weighted by Gasteiger charge is -2.16. The molecule has 1 aliphatic rings. The lowest BCUT2D eigenvalue weighted by atomic mass is 9.97. The van der Waals surface area contributed by atoms with Crippen LogP contribution in [0.3, 0.4) is 0 Å². The predicted octanol–water partition coefficient (Wildman–Crippen LogP) is 2.33. The van der Waals surface area contributed by atoms with Crippen LogP contribution in [0.1, 0.15) is 35.7 Å². The number of aromatic carboxylic acids is 1. The van der Waals surface area contributed by atoms with E-state index in [0.29, 0.717) is 11.5 Å². The zero-order chi connectivity index (χ0) is 11.0. The van der Waals surface area contributed by atoms with Crippen molar-refractivity contribution in [1.82, 2.24) is 0 Å². The number of hydrogen-bond donors (Lipinski definition) is 1. The standard InChI is InChI=1S/C12H15NO2/c1-3-13-7-8(2)11-9(12(14)15)5-4-6-10(11)13/h4-6,8H,3,7H2,1-2H3,(H,14,15). The van der Waals surface area contributed by atoms with E-state index in [-0.39, 0.29) is 0 Å². The van der Waals surface area contributed by atoms with Crippen LogP contribution in [-0.4, -0.2) is 24.2 Å². The van der Waals surface area contributed by atoms with Crippen molar-refractivity contribution in [2.24, 2.45) is 0 Å². The van der Waals surface area contributed by atoms with Crippen molar-refractivity contribution in [2.75, 3.05) is 18.0 Å². The highest BCUT2D eigenvalue weighted by Crippen LogP contribution is 2.37. The normalized spacial score (nSPS) is 19.1. The summed E-state index contributed by atoms with van der Waals surface area (Å²) in [6.45, 7) is 6.03. The fraction of sp³-hybridized carbons (Fsp3) is 0.417. The SMILES string of the molecule is CCN1CC(C)c2c(C(=O)O)cccc21. The van der Waals surface area contributed by atoms with Crippen molar-refractivity contribution in [3.63, 3.8) is 0 Å². The third kappa shape index (κ3) is 1.48. The van der Waals surface area contributed by atoms with Gasteiger partial charge in [0.2, 0.25) is 0 Å². The summed E-state index contributed by atoms with van der Waals surface area (Å²) in [6, 6.07) is 5.52. The van der Waals surface area contributed by atoms with Gasteiger partial charge in [0.25, 0.3) is 0 Å². The molecule has 0 aromatic heterocycles. The second kappa shape index (κ2) is 3.57. The van der Waals surface area contributed by atoms with Crippen molar-refractivity contribution < 1.29 is 9.90 Å². The molecule has 0 amide bonds. The average molecular weight is 205 g/mol. The molecule has 1 unspecified atom stereocenters. The van der Waals surface area contributed by atoms with Gasteiger partial charge in [-0.05, 0) is 24.6 Å². The number of benzene rings is 1. The van der Waals surface area contributed by atoms with Gasteiger partial charge >= 0.3 is 5.97 Å². The Hall–Kier alpha value is -1.51. The van der Waals surface area contributed by atoms with E-state index in [9.17, 15) is 4.79 Å². The third-order valence-electron chi connectivity index (χ3n) is 3.02. The molecule has 1 atom stereocenters. The summed E-state index contributed by atoms with van der Waals surface area (Å²) in [6.07, 6.45) is 0. The minimum Gasteiger partial charge on any atom is -0.478 e. The Morgan fingerprint density at radius 2 is 2.33 bits per heavy atom. The molecule has 0 saturated carbocycles. The monoisotopic (exact) mass is 205 g/mol. The summed E-state index contributed by atoms with van der Waals surface area (Å²) in [7, 11) is 0. The molecule has 0 radical (unpaired) electrons. The van der Waals surface area contributed by atoms with Crippen molar-refractivity contribution in [2.45, 2.75) is 19.8 Å². The minimum absolute atomic E-state index is 0.312. The van der Waals surface area contributed by atoms with E-state index < -0.39 is 5.97 Å². The van der Waals surface area contributed by atoms with Crippen LogP contribution >= 0.6 is 0 Å². The van der Waals surface area contributed by atoms with Gasteiger partial charge < -0.3 is 10.0 Å². The molecule has 1 N–H and O–H groups in total. The molecule has 80 valence electrons. The van der Waals surface area contributed by atoms with E-state index in [0.717, 1.165) is 24.3 Å². The smallest absolute Gasteiger partial charge is 0.336 e. The molecular weight excluding hydrogens is 190 g/mol. The quantitative estimate of drug-likeness (QED) is 0.805. The maximum atomic E-state index is 11.1. The summed E-state index contributed by atoms with van der Waals surface area (Å²) in [4.78, 5) is 13.3. The first-order valence-corrected chi connectivity index (χ1v) is 5.26. The highest BCUT2D eigenvalue weighted by Gasteiger charge is 2.28. The van der Waals surface area contributed by atoms with Crippen LogP contribution in [0, 0.1) is 0 Å². The average Bonchev–Trinajstić information content (AvgIpc) is 2.55. The van der Waals surface area contributed by atoms with Crippen molar-refractivity contribution in [3.8, 4) is 0 Å². The molecule has 0 aliphatic carbocycles. The number of anilines is 1. The number of likely N-dealkylation sites (N-methyl/N-ethyl adjacent to an activating group) is 1. The van der Waals surface area contributed by atoms with Crippen LogP contribution in [0.25, 0.3) is 0 Å². The molecule has 1 aliphatic heterocycles. The Balaban J connectivity index is 2.56. The highest BCUT2D eigenvalue weighted by atomic mass is 16.4. The van der Waals surface area contributed by atoms with Gasteiger partial charge in [0.1, 0.15) is 0 Å². The van der Waals surface area contributed by atoms with E-state index in [1.807, 2.05) is 12.1 Å². The van der Waals surface area contributed by atoms with Crippen molar-refractivity contribution in [1.29, 1.82) is 0 Å². The van der Waals surface area contributed by atoms with Crippen LogP contribution < -0.4 is 4.90 Å². The summed E-state index contributed by atoms with van der Waals surface area (Å²) in [5.74, 6) is -0.510. The van der Waals surface area contributed by atoms with Crippen LogP contribution in [0.5, 0.6) is 0 Å². The van der Waals surface area contributed by atoms with Crippen LogP contribution in [0.4, 0.5) is 5.69 Å². The zero-order valence-electron chi connectivity index (χ0n) is 9.03. The Labute approximate surface area is 89.3 Å². The Bertz CT molecular complexity index is 401. The van der Waals surface area contributed by atoms with Gasteiger partial charge in [-0.1, -0.05) is 13.0 Å². The summed E-state index contributed by atoms with van der Waals surface area (Å²) >= 11 is 0. The number of carboxylic acid groups (broad SMARTS) is 1. The van der Waals surface area contributed by atoms with E-state index >= 15 is 0 Å².